The molecule has 2 aromatic carbocycles. The molecule has 0 atom stereocenters. The average molecular weight is 348 g/mol. The Morgan fingerprint density at radius 1 is 1.00 bits per heavy atom. The number of ether oxygens (including phenoxy) is 1. The fourth-order valence-corrected chi connectivity index (χ4v) is 2.95. The van der Waals surface area contributed by atoms with E-state index in [-0.39, 0.29) is 0 Å². The van der Waals surface area contributed by atoms with E-state index in [9.17, 15) is 0 Å². The number of benzene rings is 2. The Morgan fingerprint density at radius 2 is 1.73 bits per heavy atom. The van der Waals surface area contributed by atoms with Gasteiger partial charge >= 0.3 is 0 Å². The molecule has 0 radical (unpaired) electrons. The van der Waals surface area contributed by atoms with Gasteiger partial charge in [-0.3, -0.25) is 0 Å². The lowest BCUT2D eigenvalue weighted by Gasteiger charge is -2.10. The second-order valence-corrected chi connectivity index (χ2v) is 6.08. The van der Waals surface area contributed by atoms with Crippen LogP contribution in [0.25, 0.3) is 5.69 Å². The Kier molecular flexibility index (Phi) is 5.74. The summed E-state index contributed by atoms with van der Waals surface area (Å²) in [5.74, 6) is 0.884. The molecule has 0 spiro atoms. The van der Waals surface area contributed by atoms with Crippen molar-refractivity contribution in [3.05, 3.63) is 83.2 Å². The van der Waals surface area contributed by atoms with E-state index < -0.39 is 0 Å². The minimum absolute atomic E-state index is 0.467. The SMILES string of the molecule is CCOc1ccc(-n2c(C)cc(/C=N/OCc3ccccc3)c2C)cc1. The van der Waals surface area contributed by atoms with Gasteiger partial charge in [0.15, 0.2) is 0 Å². The number of rotatable bonds is 7. The van der Waals surface area contributed by atoms with Crippen LogP contribution in [0.3, 0.4) is 0 Å². The largest absolute Gasteiger partial charge is 0.494 e. The zero-order chi connectivity index (χ0) is 18.4. The first-order valence-electron chi connectivity index (χ1n) is 8.80. The maximum absolute atomic E-state index is 5.52. The average Bonchev–Trinajstić information content (AvgIpc) is 2.94. The number of aromatic nitrogens is 1. The van der Waals surface area contributed by atoms with E-state index in [0.29, 0.717) is 13.2 Å². The summed E-state index contributed by atoms with van der Waals surface area (Å²) in [6, 6.07) is 20.3. The molecule has 3 aromatic rings. The van der Waals surface area contributed by atoms with Gasteiger partial charge in [-0.15, -0.1) is 0 Å². The van der Waals surface area contributed by atoms with E-state index in [1.807, 2.05) is 49.4 Å². The zero-order valence-corrected chi connectivity index (χ0v) is 15.5. The normalized spacial score (nSPS) is 11.0. The van der Waals surface area contributed by atoms with Crippen LogP contribution >= 0.6 is 0 Å². The molecule has 0 saturated carbocycles. The van der Waals surface area contributed by atoms with Crippen LogP contribution in [0.1, 0.15) is 29.4 Å². The van der Waals surface area contributed by atoms with E-state index in [1.165, 1.54) is 0 Å². The van der Waals surface area contributed by atoms with Gasteiger partial charge in [-0.05, 0) is 56.7 Å². The molecule has 3 rings (SSSR count). The van der Waals surface area contributed by atoms with E-state index in [2.05, 4.69) is 41.8 Å². The topological polar surface area (TPSA) is 35.8 Å². The second-order valence-electron chi connectivity index (χ2n) is 6.08. The highest BCUT2D eigenvalue weighted by Gasteiger charge is 2.09. The molecule has 4 nitrogen and oxygen atoms in total. The fourth-order valence-electron chi connectivity index (χ4n) is 2.95. The van der Waals surface area contributed by atoms with Gasteiger partial charge in [0, 0.05) is 22.6 Å². The number of oxime groups is 1. The molecule has 0 aliphatic heterocycles. The maximum Gasteiger partial charge on any atom is 0.142 e. The first-order valence-corrected chi connectivity index (χ1v) is 8.80. The molecule has 1 heterocycles. The maximum atomic E-state index is 5.52. The number of hydrogen-bond donors (Lipinski definition) is 0. The van der Waals surface area contributed by atoms with Crippen LogP contribution in [0, 0.1) is 13.8 Å². The van der Waals surface area contributed by atoms with Gasteiger partial charge in [0.1, 0.15) is 12.4 Å². The van der Waals surface area contributed by atoms with Crippen LogP contribution in [0.5, 0.6) is 5.75 Å². The van der Waals surface area contributed by atoms with Crippen molar-refractivity contribution in [1.29, 1.82) is 0 Å². The third-order valence-electron chi connectivity index (χ3n) is 4.22. The summed E-state index contributed by atoms with van der Waals surface area (Å²) in [6.07, 6.45) is 1.77. The van der Waals surface area contributed by atoms with Crippen LogP contribution in [0.4, 0.5) is 0 Å². The lowest BCUT2D eigenvalue weighted by molar-refractivity contribution is 0.132. The van der Waals surface area contributed by atoms with Crippen molar-refractivity contribution in [2.24, 2.45) is 5.16 Å². The Hall–Kier alpha value is -3.01. The molecule has 0 fully saturated rings. The van der Waals surface area contributed by atoms with E-state index in [4.69, 9.17) is 9.57 Å². The molecule has 26 heavy (non-hydrogen) atoms. The molecule has 134 valence electrons. The molecule has 0 bridgehead atoms. The summed E-state index contributed by atoms with van der Waals surface area (Å²) in [6.45, 7) is 7.30. The van der Waals surface area contributed by atoms with Crippen molar-refractivity contribution in [3.63, 3.8) is 0 Å². The van der Waals surface area contributed by atoms with Crippen LogP contribution in [0.15, 0.2) is 65.8 Å². The van der Waals surface area contributed by atoms with Crippen molar-refractivity contribution in [3.8, 4) is 11.4 Å². The number of aryl methyl sites for hydroxylation is 1. The Morgan fingerprint density at radius 3 is 2.42 bits per heavy atom. The Balaban J connectivity index is 1.72. The minimum Gasteiger partial charge on any atom is -0.494 e. The van der Waals surface area contributed by atoms with E-state index in [1.54, 1.807) is 6.21 Å². The van der Waals surface area contributed by atoms with Gasteiger partial charge in [-0.1, -0.05) is 35.5 Å². The molecular formula is C22H24N2O2. The summed E-state index contributed by atoms with van der Waals surface area (Å²) >= 11 is 0. The highest BCUT2D eigenvalue weighted by atomic mass is 16.6. The Bertz CT molecular complexity index is 865. The molecule has 0 saturated heterocycles. The smallest absolute Gasteiger partial charge is 0.142 e. The van der Waals surface area contributed by atoms with E-state index >= 15 is 0 Å². The second kappa shape index (κ2) is 8.39. The summed E-state index contributed by atoms with van der Waals surface area (Å²) in [4.78, 5) is 5.42. The van der Waals surface area contributed by atoms with Crippen molar-refractivity contribution in [2.45, 2.75) is 27.4 Å². The predicted molar refractivity (Wildman–Crippen MR) is 105 cm³/mol. The van der Waals surface area contributed by atoms with Gasteiger partial charge in [-0.2, -0.15) is 0 Å². The van der Waals surface area contributed by atoms with Crippen LogP contribution in [-0.4, -0.2) is 17.4 Å². The van der Waals surface area contributed by atoms with Gasteiger partial charge in [-0.25, -0.2) is 0 Å². The predicted octanol–water partition coefficient (Wildman–Crippen LogP) is 5.04. The lowest BCUT2D eigenvalue weighted by Crippen LogP contribution is -2.00. The first kappa shape index (κ1) is 17.8. The summed E-state index contributed by atoms with van der Waals surface area (Å²) in [5, 5.41) is 4.13. The molecule has 0 amide bonds. The molecule has 4 heteroatoms. The minimum atomic E-state index is 0.467. The monoisotopic (exact) mass is 348 g/mol. The molecule has 1 aromatic heterocycles. The third-order valence-corrected chi connectivity index (χ3v) is 4.22. The zero-order valence-electron chi connectivity index (χ0n) is 15.5. The summed E-state index contributed by atoms with van der Waals surface area (Å²) in [5.41, 5.74) is 5.53. The molecule has 0 N–H and O–H groups in total. The van der Waals surface area contributed by atoms with Crippen molar-refractivity contribution >= 4 is 6.21 Å². The third kappa shape index (κ3) is 4.14. The van der Waals surface area contributed by atoms with Gasteiger partial charge in [0.05, 0.1) is 12.8 Å². The highest BCUT2D eigenvalue weighted by Crippen LogP contribution is 2.22. The van der Waals surface area contributed by atoms with Crippen LogP contribution < -0.4 is 4.74 Å². The molecule has 0 aliphatic rings. The van der Waals surface area contributed by atoms with Gasteiger partial charge < -0.3 is 14.1 Å². The quantitative estimate of drug-likeness (QED) is 0.443. The fraction of sp³-hybridized carbons (Fsp3) is 0.227. The summed E-state index contributed by atoms with van der Waals surface area (Å²) < 4.78 is 7.72. The molecule has 0 unspecified atom stereocenters. The van der Waals surface area contributed by atoms with Crippen LogP contribution in [-0.2, 0) is 11.4 Å². The van der Waals surface area contributed by atoms with E-state index in [0.717, 1.165) is 34.0 Å². The van der Waals surface area contributed by atoms with Crippen molar-refractivity contribution in [1.82, 2.24) is 4.57 Å². The van der Waals surface area contributed by atoms with Gasteiger partial charge in [0.25, 0.3) is 0 Å². The first-order chi connectivity index (χ1) is 12.7. The standard InChI is InChI=1S/C22H24N2O2/c1-4-25-22-12-10-21(11-13-22)24-17(2)14-20(18(24)3)15-23-26-16-19-8-6-5-7-9-19/h5-15H,4,16H2,1-3H3/b23-15+. The lowest BCUT2D eigenvalue weighted by atomic mass is 10.2. The number of hydrogen-bond acceptors (Lipinski definition) is 3. The molecule has 0 aliphatic carbocycles. The van der Waals surface area contributed by atoms with Crippen molar-refractivity contribution < 1.29 is 9.57 Å². The summed E-state index contributed by atoms with van der Waals surface area (Å²) in [7, 11) is 0. The van der Waals surface area contributed by atoms with Crippen LogP contribution in [0.2, 0.25) is 0 Å². The highest BCUT2D eigenvalue weighted by molar-refractivity contribution is 5.81. The molecular weight excluding hydrogens is 324 g/mol. The number of nitrogens with zero attached hydrogens (tertiary/aromatic N) is 2. The van der Waals surface area contributed by atoms with Gasteiger partial charge in [0.2, 0.25) is 0 Å². The Labute approximate surface area is 154 Å². The van der Waals surface area contributed by atoms with Crippen molar-refractivity contribution in [2.75, 3.05) is 6.61 Å².